The summed E-state index contributed by atoms with van der Waals surface area (Å²) in [5.41, 5.74) is 0. The molecule has 0 spiro atoms. The topological polar surface area (TPSA) is 199 Å². The molecule has 2 heterocycles. The summed E-state index contributed by atoms with van der Waals surface area (Å²) in [5.74, 6) is 0. The zero-order valence-corrected chi connectivity index (χ0v) is 43.4. The van der Waals surface area contributed by atoms with Gasteiger partial charge in [0.1, 0.15) is 0 Å². The third-order valence-electron chi connectivity index (χ3n) is 5.60. The van der Waals surface area contributed by atoms with Gasteiger partial charge in [0.15, 0.2) is 0 Å². The predicted molar refractivity (Wildman–Crippen MR) is 194 cm³/mol. The van der Waals surface area contributed by atoms with Crippen molar-refractivity contribution < 1.29 is 93.2 Å². The van der Waals surface area contributed by atoms with E-state index in [0.717, 1.165) is 39.3 Å². The van der Waals surface area contributed by atoms with Crippen LogP contribution in [0.4, 0.5) is 16.4 Å². The minimum Gasteiger partial charge on any atom is -0.395 e. The molecule has 2 fully saturated rings. The molecule has 0 saturated carbocycles. The van der Waals surface area contributed by atoms with Crippen LogP contribution in [-0.4, -0.2) is 133 Å². The van der Waals surface area contributed by atoms with E-state index in [0.29, 0.717) is 0 Å². The van der Waals surface area contributed by atoms with Crippen molar-refractivity contribution in [3.8, 4) is 0 Å². The van der Waals surface area contributed by atoms with E-state index < -0.39 is 106 Å². The molecule has 51 heavy (non-hydrogen) atoms. The van der Waals surface area contributed by atoms with Crippen LogP contribution in [0.2, 0.25) is 85.1 Å². The highest BCUT2D eigenvalue weighted by molar-refractivity contribution is 6.93. The second kappa shape index (κ2) is 16.1. The number of hydrogen-bond acceptors (Lipinski definition) is 18. The highest BCUT2D eigenvalue weighted by atomic mass is 28.6. The summed E-state index contributed by atoms with van der Waals surface area (Å²) in [6, 6.07) is 0. The minimum atomic E-state index is -6.10. The molecule has 0 aromatic rings. The fraction of sp³-hybridized carbons (Fsp3) is 1.00. The molecular weight excluding hydrogens is 905 g/mol. The molecule has 0 aromatic heterocycles. The molecule has 0 amide bonds. The van der Waals surface area contributed by atoms with Gasteiger partial charge in [-0.15, -0.1) is 0 Å². The summed E-state index contributed by atoms with van der Waals surface area (Å²) in [5, 5.41) is 0. The van der Waals surface area contributed by atoms with Gasteiger partial charge in [0.25, 0.3) is 0 Å². The van der Waals surface area contributed by atoms with Crippen LogP contribution in [0.1, 0.15) is 13.8 Å². The third-order valence-corrected chi connectivity index (χ3v) is 46.1. The second-order valence-corrected chi connectivity index (χ2v) is 47.7. The molecule has 34 heteroatoms. The molecular formula is C17H52F4O18Si12. The van der Waals surface area contributed by atoms with Gasteiger partial charge in [-0.1, -0.05) is 0 Å². The number of halogens is 4. The maximum absolute atomic E-state index is 17.4. The third kappa shape index (κ3) is 16.5. The van der Waals surface area contributed by atoms with Gasteiger partial charge in [0.2, 0.25) is 0 Å². The van der Waals surface area contributed by atoms with Crippen molar-refractivity contribution in [3.63, 3.8) is 0 Å². The normalized spacial score (nSPS) is 46.0. The van der Waals surface area contributed by atoms with Gasteiger partial charge >= 0.3 is 106 Å². The van der Waals surface area contributed by atoms with Gasteiger partial charge < -0.3 is 76.7 Å². The van der Waals surface area contributed by atoms with Gasteiger partial charge in [-0.05, 0) is 66.2 Å². The van der Waals surface area contributed by atoms with Crippen LogP contribution < -0.4 is 0 Å². The van der Waals surface area contributed by atoms with E-state index in [1.165, 1.54) is 52.8 Å². The Kier molecular flexibility index (Phi) is 15.4. The zero-order valence-electron chi connectivity index (χ0n) is 31.4. The first kappa shape index (κ1) is 48.8. The van der Waals surface area contributed by atoms with Crippen LogP contribution in [0.15, 0.2) is 0 Å². The van der Waals surface area contributed by atoms with Crippen molar-refractivity contribution in [1.29, 1.82) is 0 Å². The van der Waals surface area contributed by atoms with Crippen molar-refractivity contribution in [2.24, 2.45) is 0 Å². The summed E-state index contributed by atoms with van der Waals surface area (Å²) in [4.78, 5) is 33.2. The lowest BCUT2D eigenvalue weighted by molar-refractivity contribution is 0.0573. The Balaban J connectivity index is 2.87. The van der Waals surface area contributed by atoms with Gasteiger partial charge in [-0.2, -0.15) is 0 Å². The Bertz CT molecular complexity index is 1210. The fourth-order valence-corrected chi connectivity index (χ4v) is 50.7. The highest BCUT2D eigenvalue weighted by Gasteiger charge is 2.69. The molecule has 2 saturated heterocycles. The summed E-state index contributed by atoms with van der Waals surface area (Å²) >= 11 is 0. The summed E-state index contributed by atoms with van der Waals surface area (Å²) in [7, 11) is -57.4. The first-order valence-corrected chi connectivity index (χ1v) is 42.9. The average Bonchev–Trinajstić information content (AvgIpc) is 2.68. The lowest BCUT2D eigenvalue weighted by Crippen LogP contribution is -2.71. The maximum atomic E-state index is 17.4. The Morgan fingerprint density at radius 2 is 0.882 bits per heavy atom. The van der Waals surface area contributed by atoms with Crippen molar-refractivity contribution in [1.82, 2.24) is 0 Å². The molecule has 18 nitrogen and oxygen atoms in total. The summed E-state index contributed by atoms with van der Waals surface area (Å²) in [6.07, 6.45) is 0. The Hall–Kier alpha value is 1.60. The fourth-order valence-electron chi connectivity index (χ4n) is 5.25. The smallest absolute Gasteiger partial charge is 0.395 e. The van der Waals surface area contributed by atoms with E-state index in [2.05, 4.69) is 0 Å². The van der Waals surface area contributed by atoms with Crippen LogP contribution in [0, 0.1) is 0 Å². The lowest BCUT2D eigenvalue weighted by Gasteiger charge is -2.45. The average molecular weight is 958 g/mol. The van der Waals surface area contributed by atoms with Gasteiger partial charge in [-0.25, -0.2) is 16.4 Å². The first-order valence-electron chi connectivity index (χ1n) is 15.6. The molecule has 2 bridgehead atoms. The molecule has 2 aliphatic rings. The lowest BCUT2D eigenvalue weighted by atomic mass is 10.9. The standard InChI is InChI=1S/C17H52F4O18Si12/c1-16-25-47(14)30-42(7,8)31-48(15)35-44(11,18)27-40(3,4)28-45(12,22)36-50(20,26-17-2)33-41(5,6)29-46(13,23)37-51(21,39-48)34-43(9,10)32-49(19,24)38-47/h22-24H,16-17H2,1-15H3. The van der Waals surface area contributed by atoms with E-state index in [1.807, 2.05) is 0 Å². The Morgan fingerprint density at radius 3 is 1.39 bits per heavy atom. The van der Waals surface area contributed by atoms with E-state index in [9.17, 15) is 14.4 Å². The molecule has 0 aromatic carbocycles. The Labute approximate surface area is 309 Å². The number of rotatable bonds is 4. The Morgan fingerprint density at radius 1 is 0.431 bits per heavy atom. The number of fused-ring (bicyclic) bond motifs is 2. The SMILES string of the molecule is CCO[Si]1(C)O[Si](C)(C)O[Si]2(C)O[Si](C)(F)O[Si](C)(C)O[Si](C)(O)O[Si](F)(OCC)O[Si](C)(C)O[Si](C)(O)O[Si](F)(O[Si](C)(C)O[Si](O)(F)O1)O2. The van der Waals surface area contributed by atoms with Gasteiger partial charge in [0, 0.05) is 45.9 Å². The van der Waals surface area contributed by atoms with Crippen molar-refractivity contribution in [2.45, 2.75) is 99.0 Å². The molecule has 304 valence electrons. The van der Waals surface area contributed by atoms with E-state index in [-0.39, 0.29) is 13.2 Å². The minimum absolute atomic E-state index is 0.0649. The van der Waals surface area contributed by atoms with Crippen LogP contribution in [0.5, 0.6) is 0 Å². The van der Waals surface area contributed by atoms with Crippen LogP contribution in [0.3, 0.4) is 0 Å². The molecule has 0 aliphatic carbocycles. The molecule has 8 unspecified atom stereocenters. The van der Waals surface area contributed by atoms with Crippen LogP contribution in [0.25, 0.3) is 0 Å². The van der Waals surface area contributed by atoms with Crippen LogP contribution >= 0.6 is 0 Å². The number of hydrogen-bond donors (Lipinski definition) is 3. The van der Waals surface area contributed by atoms with E-state index in [1.54, 1.807) is 6.92 Å². The molecule has 3 N–H and O–H groups in total. The van der Waals surface area contributed by atoms with Crippen LogP contribution in [-0.2, 0) is 62.3 Å². The molecule has 0 radical (unpaired) electrons. The summed E-state index contributed by atoms with van der Waals surface area (Å²) in [6.45, 7) is 17.8. The molecule has 2 rings (SSSR count). The van der Waals surface area contributed by atoms with Gasteiger partial charge in [-0.3, -0.25) is 0 Å². The largest absolute Gasteiger partial charge is 0.703 e. The quantitative estimate of drug-likeness (QED) is 0.211. The summed E-state index contributed by atoms with van der Waals surface area (Å²) < 4.78 is 150. The molecule has 2 aliphatic heterocycles. The maximum Gasteiger partial charge on any atom is 0.703 e. The zero-order chi connectivity index (χ0) is 40.0. The van der Waals surface area contributed by atoms with E-state index in [4.69, 9.17) is 62.3 Å². The van der Waals surface area contributed by atoms with Crippen molar-refractivity contribution in [2.75, 3.05) is 13.2 Å². The first-order chi connectivity index (χ1) is 22.3. The van der Waals surface area contributed by atoms with Crippen molar-refractivity contribution in [3.05, 3.63) is 0 Å². The predicted octanol–water partition coefficient (Wildman–Crippen LogP) is 3.11. The second-order valence-electron chi connectivity index (χ2n) is 13.6. The highest BCUT2D eigenvalue weighted by Crippen LogP contribution is 2.37. The van der Waals surface area contributed by atoms with Crippen molar-refractivity contribution >= 4 is 106 Å². The van der Waals surface area contributed by atoms with E-state index >= 15 is 16.4 Å². The molecule has 8 atom stereocenters. The van der Waals surface area contributed by atoms with Gasteiger partial charge in [0.05, 0.1) is 0 Å². The monoisotopic (exact) mass is 956 g/mol.